The Labute approximate surface area is 105 Å². The van der Waals surface area contributed by atoms with Crippen LogP contribution >= 0.6 is 15.9 Å². The van der Waals surface area contributed by atoms with Gasteiger partial charge in [0.05, 0.1) is 12.6 Å². The van der Waals surface area contributed by atoms with E-state index in [9.17, 15) is 5.11 Å². The summed E-state index contributed by atoms with van der Waals surface area (Å²) in [5.74, 6) is 0. The Bertz CT molecular complexity index is 367. The molecular formula is C13H18BrNO. The van der Waals surface area contributed by atoms with Crippen LogP contribution in [0.15, 0.2) is 22.7 Å². The molecule has 88 valence electrons. The number of aryl methyl sites for hydroxylation is 1. The van der Waals surface area contributed by atoms with Gasteiger partial charge in [-0.2, -0.15) is 0 Å². The van der Waals surface area contributed by atoms with Crippen LogP contribution in [0.2, 0.25) is 0 Å². The van der Waals surface area contributed by atoms with Crippen LogP contribution in [0.1, 0.15) is 24.8 Å². The maximum absolute atomic E-state index is 9.39. The Balaban J connectivity index is 2.23. The zero-order valence-electron chi connectivity index (χ0n) is 9.62. The fraction of sp³-hybridized carbons (Fsp3) is 0.538. The molecule has 0 saturated carbocycles. The number of hydrogen-bond donors (Lipinski definition) is 1. The molecule has 16 heavy (non-hydrogen) atoms. The van der Waals surface area contributed by atoms with Crippen molar-refractivity contribution in [2.75, 3.05) is 18.1 Å². The Morgan fingerprint density at radius 3 is 2.94 bits per heavy atom. The van der Waals surface area contributed by atoms with E-state index in [4.69, 9.17) is 0 Å². The zero-order valence-corrected chi connectivity index (χ0v) is 11.2. The number of benzene rings is 1. The summed E-state index contributed by atoms with van der Waals surface area (Å²) in [5, 5.41) is 9.39. The van der Waals surface area contributed by atoms with Crippen LogP contribution in [0.25, 0.3) is 0 Å². The summed E-state index contributed by atoms with van der Waals surface area (Å²) in [6.07, 6.45) is 3.55. The maximum atomic E-state index is 9.39. The molecule has 0 radical (unpaired) electrons. The normalized spacial score (nSPS) is 21.2. The van der Waals surface area contributed by atoms with Gasteiger partial charge in [0.2, 0.25) is 0 Å². The molecule has 1 aliphatic heterocycles. The lowest BCUT2D eigenvalue weighted by atomic mass is 10.0. The maximum Gasteiger partial charge on any atom is 0.0635 e. The zero-order chi connectivity index (χ0) is 11.5. The van der Waals surface area contributed by atoms with E-state index in [1.807, 2.05) is 0 Å². The summed E-state index contributed by atoms with van der Waals surface area (Å²) < 4.78 is 1.15. The van der Waals surface area contributed by atoms with Crippen LogP contribution in [0, 0.1) is 6.92 Å². The minimum absolute atomic E-state index is 0.255. The second-order valence-electron chi connectivity index (χ2n) is 4.46. The molecule has 1 aliphatic rings. The number of aliphatic hydroxyl groups is 1. The fourth-order valence-corrected chi connectivity index (χ4v) is 2.66. The highest BCUT2D eigenvalue weighted by atomic mass is 79.9. The molecule has 0 spiro atoms. The van der Waals surface area contributed by atoms with E-state index in [0.29, 0.717) is 6.04 Å². The molecule has 3 heteroatoms. The van der Waals surface area contributed by atoms with E-state index in [1.165, 1.54) is 24.1 Å². The number of halogens is 1. The van der Waals surface area contributed by atoms with Crippen molar-refractivity contribution in [2.45, 2.75) is 32.2 Å². The molecule has 2 rings (SSSR count). The summed E-state index contributed by atoms with van der Waals surface area (Å²) in [5.41, 5.74) is 2.47. The predicted octanol–water partition coefficient (Wildman–Crippen LogP) is 3.11. The first-order chi connectivity index (χ1) is 7.72. The molecule has 0 bridgehead atoms. The van der Waals surface area contributed by atoms with E-state index in [2.05, 4.69) is 46.0 Å². The third kappa shape index (κ3) is 2.41. The molecule has 1 aromatic rings. The molecule has 2 nitrogen and oxygen atoms in total. The second-order valence-corrected chi connectivity index (χ2v) is 5.31. The molecule has 1 saturated heterocycles. The van der Waals surface area contributed by atoms with Crippen LogP contribution < -0.4 is 4.90 Å². The standard InChI is InChI=1S/C13H18BrNO/c1-10-5-6-11(8-13(10)14)15-7-3-2-4-12(15)9-16/h5-6,8,12,16H,2-4,7,9H2,1H3. The number of anilines is 1. The van der Waals surface area contributed by atoms with E-state index < -0.39 is 0 Å². The predicted molar refractivity (Wildman–Crippen MR) is 70.9 cm³/mol. The highest BCUT2D eigenvalue weighted by Gasteiger charge is 2.21. The first-order valence-electron chi connectivity index (χ1n) is 5.86. The van der Waals surface area contributed by atoms with E-state index >= 15 is 0 Å². The number of nitrogens with zero attached hydrogens (tertiary/aromatic N) is 1. The molecule has 1 aromatic carbocycles. The molecule has 1 unspecified atom stereocenters. The third-order valence-corrected chi connectivity index (χ3v) is 4.18. The van der Waals surface area contributed by atoms with Crippen LogP contribution in [-0.2, 0) is 0 Å². The highest BCUT2D eigenvalue weighted by Crippen LogP contribution is 2.28. The molecule has 1 atom stereocenters. The van der Waals surface area contributed by atoms with Gasteiger partial charge in [0.15, 0.2) is 0 Å². The van der Waals surface area contributed by atoms with E-state index in [0.717, 1.165) is 17.4 Å². The monoisotopic (exact) mass is 283 g/mol. The summed E-state index contributed by atoms with van der Waals surface area (Å²) >= 11 is 3.57. The summed E-state index contributed by atoms with van der Waals surface area (Å²) in [7, 11) is 0. The van der Waals surface area contributed by atoms with Crippen LogP contribution in [0.4, 0.5) is 5.69 Å². The van der Waals surface area contributed by atoms with Gasteiger partial charge in [0.1, 0.15) is 0 Å². The lowest BCUT2D eigenvalue weighted by molar-refractivity contribution is 0.240. The lowest BCUT2D eigenvalue weighted by Gasteiger charge is -2.36. The summed E-state index contributed by atoms with van der Waals surface area (Å²) in [6.45, 7) is 3.40. The summed E-state index contributed by atoms with van der Waals surface area (Å²) in [6, 6.07) is 6.73. The van der Waals surface area contributed by atoms with Crippen molar-refractivity contribution in [3.05, 3.63) is 28.2 Å². The molecule has 1 N–H and O–H groups in total. The molecule has 0 amide bonds. The quantitative estimate of drug-likeness (QED) is 0.902. The van der Waals surface area contributed by atoms with E-state index in [-0.39, 0.29) is 6.61 Å². The third-order valence-electron chi connectivity index (χ3n) is 3.32. The van der Waals surface area contributed by atoms with Crippen LogP contribution in [0.5, 0.6) is 0 Å². The first-order valence-corrected chi connectivity index (χ1v) is 6.65. The number of piperidine rings is 1. The van der Waals surface area contributed by atoms with Crippen molar-refractivity contribution in [1.82, 2.24) is 0 Å². The van der Waals surface area contributed by atoms with Gasteiger partial charge in [-0.3, -0.25) is 0 Å². The van der Waals surface area contributed by atoms with Crippen molar-refractivity contribution >= 4 is 21.6 Å². The van der Waals surface area contributed by atoms with Crippen molar-refractivity contribution in [1.29, 1.82) is 0 Å². The average Bonchev–Trinajstić information content (AvgIpc) is 2.32. The first kappa shape index (κ1) is 11.9. The Morgan fingerprint density at radius 1 is 1.44 bits per heavy atom. The SMILES string of the molecule is Cc1ccc(N2CCCCC2CO)cc1Br. The fourth-order valence-electron chi connectivity index (χ4n) is 2.29. The van der Waals surface area contributed by atoms with Crippen molar-refractivity contribution in [3.63, 3.8) is 0 Å². The van der Waals surface area contributed by atoms with Gasteiger partial charge in [-0.05, 0) is 43.9 Å². The van der Waals surface area contributed by atoms with Gasteiger partial charge in [-0.15, -0.1) is 0 Å². The van der Waals surface area contributed by atoms with Gasteiger partial charge in [0.25, 0.3) is 0 Å². The van der Waals surface area contributed by atoms with Crippen LogP contribution in [-0.4, -0.2) is 24.3 Å². The molecule has 1 fully saturated rings. The lowest BCUT2D eigenvalue weighted by Crippen LogP contribution is -2.41. The number of hydrogen-bond acceptors (Lipinski definition) is 2. The number of aliphatic hydroxyl groups excluding tert-OH is 1. The van der Waals surface area contributed by atoms with Crippen molar-refractivity contribution in [3.8, 4) is 0 Å². The molecule has 1 heterocycles. The average molecular weight is 284 g/mol. The Hall–Kier alpha value is -0.540. The minimum Gasteiger partial charge on any atom is -0.394 e. The van der Waals surface area contributed by atoms with Gasteiger partial charge in [0, 0.05) is 16.7 Å². The Morgan fingerprint density at radius 2 is 2.25 bits per heavy atom. The van der Waals surface area contributed by atoms with Gasteiger partial charge in [-0.1, -0.05) is 22.0 Å². The van der Waals surface area contributed by atoms with Gasteiger partial charge in [-0.25, -0.2) is 0 Å². The number of rotatable bonds is 2. The molecule has 0 aromatic heterocycles. The minimum atomic E-state index is 0.255. The van der Waals surface area contributed by atoms with Gasteiger partial charge < -0.3 is 10.0 Å². The Kier molecular flexibility index (Phi) is 3.87. The van der Waals surface area contributed by atoms with Gasteiger partial charge >= 0.3 is 0 Å². The van der Waals surface area contributed by atoms with Crippen molar-refractivity contribution in [2.24, 2.45) is 0 Å². The second kappa shape index (κ2) is 5.19. The van der Waals surface area contributed by atoms with Crippen LogP contribution in [0.3, 0.4) is 0 Å². The van der Waals surface area contributed by atoms with E-state index in [1.54, 1.807) is 0 Å². The highest BCUT2D eigenvalue weighted by molar-refractivity contribution is 9.10. The largest absolute Gasteiger partial charge is 0.394 e. The molecule has 0 aliphatic carbocycles. The van der Waals surface area contributed by atoms with Crippen molar-refractivity contribution < 1.29 is 5.11 Å². The molecular weight excluding hydrogens is 266 g/mol. The smallest absolute Gasteiger partial charge is 0.0635 e. The topological polar surface area (TPSA) is 23.5 Å². The summed E-state index contributed by atoms with van der Waals surface area (Å²) in [4.78, 5) is 2.33.